The van der Waals surface area contributed by atoms with Crippen LogP contribution in [0.25, 0.3) is 10.9 Å². The highest BCUT2D eigenvalue weighted by Gasteiger charge is 2.08. The molecule has 0 atom stereocenters. The molecule has 100 valence electrons. The van der Waals surface area contributed by atoms with Crippen LogP contribution in [0.4, 0.5) is 0 Å². The van der Waals surface area contributed by atoms with Crippen molar-refractivity contribution in [2.45, 2.75) is 13.0 Å². The van der Waals surface area contributed by atoms with Crippen molar-refractivity contribution in [2.24, 2.45) is 0 Å². The second kappa shape index (κ2) is 5.56. The Morgan fingerprint density at radius 3 is 2.65 bits per heavy atom. The molecule has 2 aromatic carbocycles. The summed E-state index contributed by atoms with van der Waals surface area (Å²) in [6.07, 6.45) is 5.00. The van der Waals surface area contributed by atoms with Crippen LogP contribution in [-0.4, -0.2) is 4.57 Å². The first-order valence-electron chi connectivity index (χ1n) is 6.70. The molecule has 2 heteroatoms. The molecule has 0 amide bonds. The Labute approximate surface area is 124 Å². The lowest BCUT2D eigenvalue weighted by atomic mass is 10.1. The predicted molar refractivity (Wildman–Crippen MR) is 86.4 cm³/mol. The Kier molecular flexibility index (Phi) is 3.62. The molecule has 1 heterocycles. The maximum atomic E-state index is 6.13. The Bertz CT molecular complexity index is 741. The Hall–Kier alpha value is -1.99. The zero-order valence-electron chi connectivity index (χ0n) is 11.2. The van der Waals surface area contributed by atoms with Gasteiger partial charge in [0.05, 0.1) is 0 Å². The van der Waals surface area contributed by atoms with Crippen molar-refractivity contribution in [1.82, 2.24) is 4.57 Å². The topological polar surface area (TPSA) is 4.93 Å². The minimum Gasteiger partial charge on any atom is -0.343 e. The van der Waals surface area contributed by atoms with Gasteiger partial charge in [-0.15, -0.1) is 6.58 Å². The van der Waals surface area contributed by atoms with E-state index in [1.807, 2.05) is 24.3 Å². The molecule has 3 aromatic rings. The fraction of sp³-hybridized carbons (Fsp3) is 0.111. The summed E-state index contributed by atoms with van der Waals surface area (Å²) >= 11 is 6.13. The first-order chi connectivity index (χ1) is 9.78. The molecule has 3 rings (SSSR count). The summed E-state index contributed by atoms with van der Waals surface area (Å²) in [7, 11) is 0. The van der Waals surface area contributed by atoms with E-state index in [1.54, 1.807) is 0 Å². The molecule has 0 aliphatic heterocycles. The summed E-state index contributed by atoms with van der Waals surface area (Å²) in [6, 6.07) is 16.6. The predicted octanol–water partition coefficient (Wildman–Crippen LogP) is 5.07. The molecule has 0 radical (unpaired) electrons. The van der Waals surface area contributed by atoms with E-state index in [-0.39, 0.29) is 0 Å². The van der Waals surface area contributed by atoms with Crippen LogP contribution in [0.3, 0.4) is 0 Å². The zero-order valence-corrected chi connectivity index (χ0v) is 12.0. The number of nitrogens with zero attached hydrogens (tertiary/aromatic N) is 1. The van der Waals surface area contributed by atoms with Crippen molar-refractivity contribution in [2.75, 3.05) is 0 Å². The van der Waals surface area contributed by atoms with Crippen molar-refractivity contribution >= 4 is 22.5 Å². The van der Waals surface area contributed by atoms with E-state index in [0.29, 0.717) is 0 Å². The van der Waals surface area contributed by atoms with Crippen molar-refractivity contribution in [3.8, 4) is 0 Å². The van der Waals surface area contributed by atoms with Gasteiger partial charge in [-0.05, 0) is 35.7 Å². The molecule has 0 N–H and O–H groups in total. The first-order valence-corrected chi connectivity index (χ1v) is 7.08. The van der Waals surface area contributed by atoms with E-state index in [1.165, 1.54) is 22.0 Å². The summed E-state index contributed by atoms with van der Waals surface area (Å²) in [4.78, 5) is 0. The van der Waals surface area contributed by atoms with Crippen molar-refractivity contribution < 1.29 is 0 Å². The Balaban J connectivity index is 2.09. The third kappa shape index (κ3) is 2.50. The second-order valence-corrected chi connectivity index (χ2v) is 5.36. The van der Waals surface area contributed by atoms with Gasteiger partial charge in [-0.3, -0.25) is 0 Å². The number of allylic oxidation sites excluding steroid dienone is 1. The Morgan fingerprint density at radius 2 is 1.90 bits per heavy atom. The molecule has 0 aliphatic rings. The van der Waals surface area contributed by atoms with Gasteiger partial charge in [0, 0.05) is 28.7 Å². The lowest BCUT2D eigenvalue weighted by molar-refractivity contribution is 0.832. The largest absolute Gasteiger partial charge is 0.343 e. The lowest BCUT2D eigenvalue weighted by Gasteiger charge is -2.05. The maximum Gasteiger partial charge on any atom is 0.0487 e. The van der Waals surface area contributed by atoms with E-state index in [2.05, 4.69) is 47.7 Å². The maximum absolute atomic E-state index is 6.13. The van der Waals surface area contributed by atoms with Crippen LogP contribution in [0.15, 0.2) is 67.4 Å². The number of rotatable bonds is 4. The third-order valence-corrected chi connectivity index (χ3v) is 3.72. The molecule has 0 spiro atoms. The highest BCUT2D eigenvalue weighted by Crippen LogP contribution is 2.26. The number of hydrogen-bond donors (Lipinski definition) is 0. The van der Waals surface area contributed by atoms with E-state index in [4.69, 9.17) is 11.6 Å². The van der Waals surface area contributed by atoms with E-state index in [9.17, 15) is 0 Å². The van der Waals surface area contributed by atoms with Crippen LogP contribution in [0.2, 0.25) is 5.02 Å². The summed E-state index contributed by atoms with van der Waals surface area (Å²) in [5, 5.41) is 1.99. The molecule has 0 saturated heterocycles. The molecule has 0 unspecified atom stereocenters. The summed E-state index contributed by atoms with van der Waals surface area (Å²) < 4.78 is 2.28. The van der Waals surface area contributed by atoms with Gasteiger partial charge in [-0.2, -0.15) is 0 Å². The smallest absolute Gasteiger partial charge is 0.0487 e. The van der Waals surface area contributed by atoms with E-state index in [0.717, 1.165) is 18.0 Å². The molecule has 1 aromatic heterocycles. The number of halogens is 1. The first kappa shape index (κ1) is 13.0. The van der Waals surface area contributed by atoms with Crippen molar-refractivity contribution in [3.63, 3.8) is 0 Å². The zero-order chi connectivity index (χ0) is 13.9. The van der Waals surface area contributed by atoms with Crippen LogP contribution in [0, 0.1) is 0 Å². The summed E-state index contributed by atoms with van der Waals surface area (Å²) in [5.41, 5.74) is 3.79. The summed E-state index contributed by atoms with van der Waals surface area (Å²) in [5.74, 6) is 0. The molecule has 0 bridgehead atoms. The van der Waals surface area contributed by atoms with Gasteiger partial charge in [0.1, 0.15) is 0 Å². The molecular weight excluding hydrogens is 266 g/mol. The lowest BCUT2D eigenvalue weighted by Crippen LogP contribution is -1.97. The van der Waals surface area contributed by atoms with Gasteiger partial charge < -0.3 is 4.57 Å². The van der Waals surface area contributed by atoms with Gasteiger partial charge in [-0.25, -0.2) is 0 Å². The fourth-order valence-corrected chi connectivity index (χ4v) is 2.74. The van der Waals surface area contributed by atoms with E-state index >= 15 is 0 Å². The number of hydrogen-bond acceptors (Lipinski definition) is 0. The molecule has 0 fully saturated rings. The molecule has 20 heavy (non-hydrogen) atoms. The normalized spacial score (nSPS) is 10.8. The molecule has 0 saturated carbocycles. The fourth-order valence-electron chi connectivity index (χ4n) is 2.57. The van der Waals surface area contributed by atoms with Crippen molar-refractivity contribution in [1.29, 1.82) is 0 Å². The van der Waals surface area contributed by atoms with Crippen LogP contribution < -0.4 is 0 Å². The highest BCUT2D eigenvalue weighted by atomic mass is 35.5. The van der Waals surface area contributed by atoms with Crippen LogP contribution in [0.5, 0.6) is 0 Å². The number of benzene rings is 2. The average molecular weight is 282 g/mol. The van der Waals surface area contributed by atoms with Crippen LogP contribution in [-0.2, 0) is 13.0 Å². The van der Waals surface area contributed by atoms with Gasteiger partial charge in [-0.1, -0.05) is 48.0 Å². The minimum absolute atomic E-state index is 0.778. The standard InChI is InChI=1S/C18H16ClN/c1-2-6-15-13-20(12-14-7-4-3-5-8-14)18-10-9-16(19)11-17(15)18/h2-5,7-11,13H,1,6,12H2. The summed E-state index contributed by atoms with van der Waals surface area (Å²) in [6.45, 7) is 4.71. The van der Waals surface area contributed by atoms with Crippen LogP contribution >= 0.6 is 11.6 Å². The number of fused-ring (bicyclic) bond motifs is 1. The Morgan fingerprint density at radius 1 is 1.10 bits per heavy atom. The van der Waals surface area contributed by atoms with Crippen LogP contribution in [0.1, 0.15) is 11.1 Å². The van der Waals surface area contributed by atoms with Crippen molar-refractivity contribution in [3.05, 3.63) is 83.5 Å². The molecule has 0 aliphatic carbocycles. The molecular formula is C18H16ClN. The third-order valence-electron chi connectivity index (χ3n) is 3.49. The monoisotopic (exact) mass is 281 g/mol. The molecule has 1 nitrogen and oxygen atoms in total. The van der Waals surface area contributed by atoms with Gasteiger partial charge in [0.15, 0.2) is 0 Å². The second-order valence-electron chi connectivity index (χ2n) is 4.92. The average Bonchev–Trinajstić information content (AvgIpc) is 2.78. The van der Waals surface area contributed by atoms with Gasteiger partial charge >= 0.3 is 0 Å². The van der Waals surface area contributed by atoms with E-state index < -0.39 is 0 Å². The highest BCUT2D eigenvalue weighted by molar-refractivity contribution is 6.31. The SMILES string of the molecule is C=CCc1cn(Cc2ccccc2)c2ccc(Cl)cc12. The minimum atomic E-state index is 0.778. The van der Waals surface area contributed by atoms with Gasteiger partial charge in [0.2, 0.25) is 0 Å². The number of aromatic nitrogens is 1. The van der Waals surface area contributed by atoms with Gasteiger partial charge in [0.25, 0.3) is 0 Å². The quantitative estimate of drug-likeness (QED) is 0.588.